The van der Waals surface area contributed by atoms with Crippen LogP contribution in [0.15, 0.2) is 66.9 Å². The number of benzene rings is 2. The Labute approximate surface area is 164 Å². The van der Waals surface area contributed by atoms with Crippen LogP contribution in [-0.4, -0.2) is 17.7 Å². The van der Waals surface area contributed by atoms with E-state index in [0.29, 0.717) is 13.0 Å². The quantitative estimate of drug-likeness (QED) is 0.710. The van der Waals surface area contributed by atoms with E-state index in [0.717, 1.165) is 33.9 Å². The summed E-state index contributed by atoms with van der Waals surface area (Å²) in [6.07, 6.45) is 2.09. The van der Waals surface area contributed by atoms with E-state index in [1.807, 2.05) is 67.6 Å². The lowest BCUT2D eigenvalue weighted by molar-refractivity contribution is -0.121. The zero-order chi connectivity index (χ0) is 19.3. The summed E-state index contributed by atoms with van der Waals surface area (Å²) in [5.74, 6) is 1.38. The van der Waals surface area contributed by atoms with Gasteiger partial charge >= 0.3 is 0 Å². The molecule has 0 spiro atoms. The van der Waals surface area contributed by atoms with Gasteiger partial charge in [0.2, 0.25) is 12.7 Å². The van der Waals surface area contributed by atoms with Gasteiger partial charge in [-0.2, -0.15) is 0 Å². The molecule has 1 aromatic heterocycles. The molecule has 0 fully saturated rings. The number of carbonyl (C=O) groups is 1. The van der Waals surface area contributed by atoms with Crippen LogP contribution in [0.3, 0.4) is 0 Å². The zero-order valence-electron chi connectivity index (χ0n) is 15.7. The van der Waals surface area contributed by atoms with E-state index in [9.17, 15) is 4.79 Å². The first-order valence-electron chi connectivity index (χ1n) is 9.32. The minimum Gasteiger partial charge on any atom is -0.454 e. The molecular formula is C23H22N2O3. The Bertz CT molecular complexity index is 973. The van der Waals surface area contributed by atoms with Gasteiger partial charge in [0.1, 0.15) is 0 Å². The van der Waals surface area contributed by atoms with Gasteiger partial charge in [-0.1, -0.05) is 42.5 Å². The Morgan fingerprint density at radius 3 is 2.68 bits per heavy atom. The van der Waals surface area contributed by atoms with Crippen molar-refractivity contribution in [2.24, 2.45) is 0 Å². The van der Waals surface area contributed by atoms with Crippen LogP contribution in [0.5, 0.6) is 11.5 Å². The molecular weight excluding hydrogens is 352 g/mol. The third-order valence-corrected chi connectivity index (χ3v) is 4.96. The second-order valence-electron chi connectivity index (χ2n) is 6.82. The third-order valence-electron chi connectivity index (χ3n) is 4.96. The minimum atomic E-state index is -0.0690. The molecule has 0 aliphatic carbocycles. The second-order valence-corrected chi connectivity index (χ2v) is 6.82. The molecule has 1 amide bonds. The van der Waals surface area contributed by atoms with E-state index in [2.05, 4.69) is 10.3 Å². The highest BCUT2D eigenvalue weighted by atomic mass is 16.7. The SMILES string of the molecule is Cc1cccnc1CNC(=O)C[C@H](c1ccccc1)c1ccc2c(c1)OCO2. The number of nitrogens with zero attached hydrogens (tertiary/aromatic N) is 1. The molecule has 0 bridgehead atoms. The summed E-state index contributed by atoms with van der Waals surface area (Å²) < 4.78 is 10.9. The fraction of sp³-hybridized carbons (Fsp3) is 0.217. The summed E-state index contributed by atoms with van der Waals surface area (Å²) in [6, 6.07) is 19.8. The van der Waals surface area contributed by atoms with Crippen molar-refractivity contribution in [2.45, 2.75) is 25.8 Å². The monoisotopic (exact) mass is 374 g/mol. The highest BCUT2D eigenvalue weighted by Gasteiger charge is 2.22. The number of aryl methyl sites for hydroxylation is 1. The summed E-state index contributed by atoms with van der Waals surface area (Å²) in [5, 5.41) is 3.00. The van der Waals surface area contributed by atoms with E-state index in [-0.39, 0.29) is 18.6 Å². The van der Waals surface area contributed by atoms with E-state index < -0.39 is 0 Å². The highest BCUT2D eigenvalue weighted by Crippen LogP contribution is 2.37. The lowest BCUT2D eigenvalue weighted by atomic mass is 9.88. The standard InChI is InChI=1S/C23H22N2O3/c1-16-6-5-11-24-20(16)14-25-23(26)13-19(17-7-3-2-4-8-17)18-9-10-21-22(12-18)28-15-27-21/h2-12,19H,13-15H2,1H3,(H,25,26)/t19-/m1/s1. The van der Waals surface area contributed by atoms with E-state index in [1.165, 1.54) is 0 Å². The maximum atomic E-state index is 12.7. The Morgan fingerprint density at radius 1 is 1.04 bits per heavy atom. The van der Waals surface area contributed by atoms with Crippen molar-refractivity contribution in [2.75, 3.05) is 6.79 Å². The molecule has 1 N–H and O–H groups in total. The maximum Gasteiger partial charge on any atom is 0.231 e. The number of nitrogens with one attached hydrogen (secondary N) is 1. The number of ether oxygens (including phenoxy) is 2. The first-order valence-corrected chi connectivity index (χ1v) is 9.32. The molecule has 0 saturated carbocycles. The molecule has 142 valence electrons. The molecule has 28 heavy (non-hydrogen) atoms. The predicted molar refractivity (Wildman–Crippen MR) is 106 cm³/mol. The number of hydrogen-bond acceptors (Lipinski definition) is 4. The van der Waals surface area contributed by atoms with Crippen molar-refractivity contribution in [1.29, 1.82) is 0 Å². The van der Waals surface area contributed by atoms with Crippen LogP contribution in [0.2, 0.25) is 0 Å². The van der Waals surface area contributed by atoms with Crippen molar-refractivity contribution in [1.82, 2.24) is 10.3 Å². The largest absolute Gasteiger partial charge is 0.454 e. The van der Waals surface area contributed by atoms with Crippen LogP contribution >= 0.6 is 0 Å². The molecule has 2 heterocycles. The van der Waals surface area contributed by atoms with E-state index in [1.54, 1.807) is 6.20 Å². The molecule has 0 unspecified atom stereocenters. The van der Waals surface area contributed by atoms with Crippen molar-refractivity contribution < 1.29 is 14.3 Å². The van der Waals surface area contributed by atoms with Gasteiger partial charge in [-0.05, 0) is 41.8 Å². The van der Waals surface area contributed by atoms with Crippen LogP contribution < -0.4 is 14.8 Å². The Balaban J connectivity index is 1.53. The average molecular weight is 374 g/mol. The van der Waals surface area contributed by atoms with Gasteiger partial charge in [-0.15, -0.1) is 0 Å². The summed E-state index contributed by atoms with van der Waals surface area (Å²) in [7, 11) is 0. The number of fused-ring (bicyclic) bond motifs is 1. The number of amides is 1. The van der Waals surface area contributed by atoms with Gasteiger partial charge < -0.3 is 14.8 Å². The second kappa shape index (κ2) is 8.13. The summed E-state index contributed by atoms with van der Waals surface area (Å²) >= 11 is 0. The van der Waals surface area contributed by atoms with Crippen molar-refractivity contribution in [3.05, 3.63) is 89.2 Å². The predicted octanol–water partition coefficient (Wildman–Crippen LogP) is 3.96. The fourth-order valence-electron chi connectivity index (χ4n) is 3.39. The van der Waals surface area contributed by atoms with Crippen LogP contribution in [0.25, 0.3) is 0 Å². The number of rotatable bonds is 6. The molecule has 3 aromatic rings. The van der Waals surface area contributed by atoms with Crippen molar-refractivity contribution >= 4 is 5.91 Å². The third kappa shape index (κ3) is 3.98. The van der Waals surface area contributed by atoms with Gasteiger partial charge in [-0.25, -0.2) is 0 Å². The van der Waals surface area contributed by atoms with Gasteiger partial charge in [0, 0.05) is 18.5 Å². The molecule has 4 rings (SSSR count). The highest BCUT2D eigenvalue weighted by molar-refractivity contribution is 5.77. The topological polar surface area (TPSA) is 60.5 Å². The molecule has 1 aliphatic heterocycles. The Morgan fingerprint density at radius 2 is 1.86 bits per heavy atom. The van der Waals surface area contributed by atoms with Gasteiger partial charge in [-0.3, -0.25) is 9.78 Å². The molecule has 5 heteroatoms. The molecule has 2 aromatic carbocycles. The van der Waals surface area contributed by atoms with Gasteiger partial charge in [0.25, 0.3) is 0 Å². The first kappa shape index (κ1) is 18.0. The number of aromatic nitrogens is 1. The molecule has 5 nitrogen and oxygen atoms in total. The summed E-state index contributed by atoms with van der Waals surface area (Å²) in [6.45, 7) is 2.65. The summed E-state index contributed by atoms with van der Waals surface area (Å²) in [5.41, 5.74) is 4.07. The van der Waals surface area contributed by atoms with Crippen LogP contribution in [-0.2, 0) is 11.3 Å². The molecule has 0 radical (unpaired) electrons. The lowest BCUT2D eigenvalue weighted by Gasteiger charge is -2.18. The fourth-order valence-corrected chi connectivity index (χ4v) is 3.39. The number of hydrogen-bond donors (Lipinski definition) is 1. The van der Waals surface area contributed by atoms with Crippen molar-refractivity contribution in [3.63, 3.8) is 0 Å². The normalized spacial score (nSPS) is 13.2. The van der Waals surface area contributed by atoms with E-state index in [4.69, 9.17) is 9.47 Å². The smallest absolute Gasteiger partial charge is 0.231 e. The maximum absolute atomic E-state index is 12.7. The summed E-state index contributed by atoms with van der Waals surface area (Å²) in [4.78, 5) is 17.1. The van der Waals surface area contributed by atoms with Crippen LogP contribution in [0.4, 0.5) is 0 Å². The average Bonchev–Trinajstić information content (AvgIpc) is 3.20. The van der Waals surface area contributed by atoms with Crippen LogP contribution in [0.1, 0.15) is 34.7 Å². The minimum absolute atomic E-state index is 0.0171. The Kier molecular flexibility index (Phi) is 5.24. The molecule has 1 atom stereocenters. The van der Waals surface area contributed by atoms with Gasteiger partial charge in [0.15, 0.2) is 11.5 Å². The van der Waals surface area contributed by atoms with E-state index >= 15 is 0 Å². The number of pyridine rings is 1. The molecule has 1 aliphatic rings. The lowest BCUT2D eigenvalue weighted by Crippen LogP contribution is -2.25. The van der Waals surface area contributed by atoms with Crippen molar-refractivity contribution in [3.8, 4) is 11.5 Å². The zero-order valence-corrected chi connectivity index (χ0v) is 15.7. The first-order chi connectivity index (χ1) is 13.7. The molecule has 0 saturated heterocycles. The van der Waals surface area contributed by atoms with Crippen LogP contribution in [0, 0.1) is 6.92 Å². The van der Waals surface area contributed by atoms with Gasteiger partial charge in [0.05, 0.1) is 12.2 Å². The number of carbonyl (C=O) groups excluding carboxylic acids is 1. The Hall–Kier alpha value is -3.34.